The normalized spacial score (nSPS) is 12.4. The van der Waals surface area contributed by atoms with Crippen molar-refractivity contribution in [2.75, 3.05) is 63.2 Å². The summed E-state index contributed by atoms with van der Waals surface area (Å²) < 4.78 is 0. The fourth-order valence-electron chi connectivity index (χ4n) is 4.52. The van der Waals surface area contributed by atoms with Gasteiger partial charge in [0.25, 0.3) is 11.4 Å². The van der Waals surface area contributed by atoms with Crippen molar-refractivity contribution in [3.05, 3.63) is 93.6 Å². The Labute approximate surface area is 355 Å². The number of nitrogens with one attached hydrogen (secondary N) is 2. The van der Waals surface area contributed by atoms with Gasteiger partial charge in [0.1, 0.15) is 0 Å². The lowest BCUT2D eigenvalue weighted by molar-refractivity contribution is -0.385. The van der Waals surface area contributed by atoms with Gasteiger partial charge in [-0.15, -0.1) is 24.0 Å². The van der Waals surface area contributed by atoms with E-state index in [4.69, 9.17) is 0 Å². The Kier molecular flexibility index (Phi) is 30.3. The molecule has 2 aliphatic heterocycles. The molecule has 0 unspecified atom stereocenters. The molecule has 0 aliphatic carbocycles. The van der Waals surface area contributed by atoms with Crippen LogP contribution in [0.3, 0.4) is 0 Å². The molecule has 0 saturated carbocycles. The van der Waals surface area contributed by atoms with Crippen LogP contribution in [-0.2, 0) is 0 Å². The number of rotatable bonds is 16. The Morgan fingerprint density at radius 2 is 0.848 bits per heavy atom. The number of benzene rings is 2. The molecule has 2 N–H and O–H groups in total. The highest BCUT2D eigenvalue weighted by Crippen LogP contribution is 2.17. The molecule has 0 spiro atoms. The number of nitro benzene ring substituents is 2. The van der Waals surface area contributed by atoms with Crippen LogP contribution >= 0.6 is 98.4 Å². The van der Waals surface area contributed by atoms with E-state index in [-0.39, 0.29) is 79.2 Å². The second-order valence-corrected chi connectivity index (χ2v) is 9.65. The number of anilines is 2. The van der Waals surface area contributed by atoms with Crippen molar-refractivity contribution in [3.8, 4) is 0 Å². The van der Waals surface area contributed by atoms with Gasteiger partial charge in [-0.1, -0.05) is 0 Å². The van der Waals surface area contributed by atoms with E-state index in [9.17, 15) is 20.2 Å². The molecule has 4 rings (SSSR count). The second kappa shape index (κ2) is 28.9. The molecule has 0 atom stereocenters. The molecule has 0 aromatic heterocycles. The third-order valence-electron chi connectivity index (χ3n) is 6.65. The third kappa shape index (κ3) is 18.8. The van der Waals surface area contributed by atoms with Crippen molar-refractivity contribution in [2.45, 2.75) is 19.3 Å². The van der Waals surface area contributed by atoms with Crippen molar-refractivity contribution in [2.24, 2.45) is 0 Å². The number of nitrogens with zero attached hydrogens (tertiary/aromatic N) is 6. The van der Waals surface area contributed by atoms with Gasteiger partial charge in [-0.05, 0) is 43.5 Å². The number of nitro groups is 2. The van der Waals surface area contributed by atoms with Crippen LogP contribution in [0.2, 0.25) is 0 Å². The lowest BCUT2D eigenvalue weighted by atomic mass is 10.3. The average Bonchev–Trinajstić information content (AvgIpc) is 3.69. The van der Waals surface area contributed by atoms with Gasteiger partial charge in [-0.25, -0.2) is 0 Å². The molecule has 19 heteroatoms. The zero-order valence-electron chi connectivity index (χ0n) is 24.7. The number of non-ortho nitro benzene ring substituents is 2. The van der Waals surface area contributed by atoms with E-state index in [0.29, 0.717) is 0 Å². The van der Waals surface area contributed by atoms with Crippen molar-refractivity contribution in [3.63, 3.8) is 0 Å². The maximum absolute atomic E-state index is 10.7. The number of hydrogen-bond donors (Lipinski definition) is 2. The Hall–Kier alpha value is 0.130. The maximum Gasteiger partial charge on any atom is 0.269 e. The molecular formula is C27H37Br2I5N8O4-2. The fraction of sp³-hybridized carbons (Fsp3) is 0.407. The van der Waals surface area contributed by atoms with E-state index in [1.54, 1.807) is 24.3 Å². The van der Waals surface area contributed by atoms with Crippen molar-refractivity contribution >= 4 is 121 Å². The van der Waals surface area contributed by atoms with Gasteiger partial charge in [0.2, 0.25) is 0 Å². The molecule has 260 valence electrons. The van der Waals surface area contributed by atoms with Crippen LogP contribution < -0.4 is 44.6 Å². The van der Waals surface area contributed by atoms with Gasteiger partial charge < -0.3 is 64.2 Å². The highest BCUT2D eigenvalue weighted by Gasteiger charge is 2.14. The predicted octanol–water partition coefficient (Wildman–Crippen LogP) is 2.46. The molecule has 0 saturated heterocycles. The first-order valence-electron chi connectivity index (χ1n) is 13.5. The minimum absolute atomic E-state index is 0. The summed E-state index contributed by atoms with van der Waals surface area (Å²) in [7, 11) is 0. The van der Waals surface area contributed by atoms with Crippen molar-refractivity contribution in [1.82, 2.24) is 19.6 Å². The van der Waals surface area contributed by atoms with E-state index in [1.165, 1.54) is 24.3 Å². The summed E-state index contributed by atoms with van der Waals surface area (Å²) >= 11 is 8.48. The Morgan fingerprint density at radius 1 is 0.565 bits per heavy atom. The van der Waals surface area contributed by atoms with Crippen molar-refractivity contribution in [1.29, 1.82) is 0 Å². The van der Waals surface area contributed by atoms with Crippen LogP contribution in [0, 0.1) is 20.2 Å². The van der Waals surface area contributed by atoms with E-state index < -0.39 is 0 Å². The van der Waals surface area contributed by atoms with Gasteiger partial charge in [0, 0.05) is 174 Å². The van der Waals surface area contributed by atoms with E-state index in [1.807, 2.05) is 0 Å². The molecule has 2 aromatic rings. The smallest absolute Gasteiger partial charge is 0.269 e. The van der Waals surface area contributed by atoms with Crippen LogP contribution in [0.4, 0.5) is 22.7 Å². The standard InChI is InChI=1S/C27H36N8O4.2BrH.2I2.HI/c36-34(37)26-8-4-24(5-9-26)28-12-1-14-30-18-20-32(22-30)16-3-17-33-21-19-31(23-33)15-2-13-29-25-6-10-27(11-7-25)35(38)39;;;2*1-2;/h4-11,18-21,28-29H,1-3,12-17,22-23H2;2*1H;;;1H/p-2. The number of hydrogen-bond acceptors (Lipinski definition) is 10. The summed E-state index contributed by atoms with van der Waals surface area (Å²) in [5.41, 5.74) is 2.00. The van der Waals surface area contributed by atoms with Gasteiger partial charge in [0.15, 0.2) is 0 Å². The minimum Gasteiger partial charge on any atom is -1.00 e. The van der Waals surface area contributed by atoms with E-state index >= 15 is 0 Å². The summed E-state index contributed by atoms with van der Waals surface area (Å²) in [6.07, 6.45) is 11.7. The van der Waals surface area contributed by atoms with Crippen LogP contribution in [0.5, 0.6) is 0 Å². The predicted molar refractivity (Wildman–Crippen MR) is 223 cm³/mol. The molecule has 0 radical (unpaired) electrons. The summed E-state index contributed by atoms with van der Waals surface area (Å²) in [6, 6.07) is 13.0. The van der Waals surface area contributed by atoms with Crippen LogP contribution in [0.15, 0.2) is 73.3 Å². The highest BCUT2D eigenvalue weighted by atomic mass is 128. The van der Waals surface area contributed by atoms with E-state index in [0.717, 1.165) is 83.2 Å². The molecule has 0 amide bonds. The van der Waals surface area contributed by atoms with E-state index in [2.05, 4.69) is 129 Å². The molecule has 46 heavy (non-hydrogen) atoms. The Bertz CT molecular complexity index is 1080. The summed E-state index contributed by atoms with van der Waals surface area (Å²) in [6.45, 7) is 7.36. The molecule has 2 aliphatic rings. The quantitative estimate of drug-likeness (QED) is 0.112. The Balaban J connectivity index is 0. The van der Waals surface area contributed by atoms with Crippen LogP contribution in [0.1, 0.15) is 19.3 Å². The van der Waals surface area contributed by atoms with Gasteiger partial charge >= 0.3 is 0 Å². The van der Waals surface area contributed by atoms with Crippen molar-refractivity contribution < 1.29 is 43.8 Å². The molecule has 0 bridgehead atoms. The second-order valence-electron chi connectivity index (χ2n) is 9.65. The molecule has 2 heterocycles. The summed E-state index contributed by atoms with van der Waals surface area (Å²) in [4.78, 5) is 30.0. The molecule has 0 fully saturated rings. The van der Waals surface area contributed by atoms with Gasteiger partial charge in [0.05, 0.1) is 23.2 Å². The zero-order valence-corrected chi connectivity index (χ0v) is 38.8. The Morgan fingerprint density at radius 3 is 1.13 bits per heavy atom. The largest absolute Gasteiger partial charge is 1.00 e. The molecule has 12 nitrogen and oxygen atoms in total. The lowest BCUT2D eigenvalue weighted by Crippen LogP contribution is -3.00. The first-order chi connectivity index (χ1) is 21.0. The monoisotopic (exact) mass is 1330 g/mol. The lowest BCUT2D eigenvalue weighted by Gasteiger charge is -2.24. The topological polar surface area (TPSA) is 123 Å². The highest BCUT2D eigenvalue weighted by molar-refractivity contribution is 15.0. The average molecular weight is 1330 g/mol. The number of halogens is 7. The summed E-state index contributed by atoms with van der Waals surface area (Å²) in [5.74, 6) is 0. The molecular weight excluding hydrogens is 1290 g/mol. The third-order valence-corrected chi connectivity index (χ3v) is 6.65. The van der Waals surface area contributed by atoms with Gasteiger partial charge in [-0.2, -0.15) is 0 Å². The van der Waals surface area contributed by atoms with Crippen LogP contribution in [-0.4, -0.2) is 82.1 Å². The first-order valence-corrected chi connectivity index (χ1v) is 26.1. The zero-order chi connectivity index (χ0) is 31.5. The minimum atomic E-state index is -0.388. The van der Waals surface area contributed by atoms with Crippen LogP contribution in [0.25, 0.3) is 0 Å². The first kappa shape index (κ1) is 48.2. The fourth-order valence-corrected chi connectivity index (χ4v) is 4.52. The molecule has 2 aromatic carbocycles. The van der Waals surface area contributed by atoms with Gasteiger partial charge in [-0.3, -0.25) is 20.2 Å². The maximum atomic E-state index is 10.7. The SMILES string of the molecule is I.II.II.O=[N+]([O-])c1ccc(NCCCN2C=CN(CCCN3C=CN(CCCNc4ccc([N+](=O)[O-])cc4)C3)C2)cc1.[Br-].[Br-]. The summed E-state index contributed by atoms with van der Waals surface area (Å²) in [5, 5.41) is 28.1.